The number of aromatic nitrogens is 1. The lowest BCUT2D eigenvalue weighted by molar-refractivity contribution is 0.116. The van der Waals surface area contributed by atoms with E-state index in [1.807, 2.05) is 44.2 Å². The van der Waals surface area contributed by atoms with E-state index in [2.05, 4.69) is 11.1 Å². The van der Waals surface area contributed by atoms with Gasteiger partial charge in [0.2, 0.25) is 0 Å². The van der Waals surface area contributed by atoms with Crippen molar-refractivity contribution < 1.29 is 4.74 Å². The Labute approximate surface area is 101 Å². The highest BCUT2D eigenvalue weighted by Gasteiger charge is 2.20. The molecule has 0 unspecified atom stereocenters. The van der Waals surface area contributed by atoms with Gasteiger partial charge in [-0.1, -0.05) is 18.2 Å². The fraction of sp³-hybridized carbons (Fsp3) is 0.286. The lowest BCUT2D eigenvalue weighted by atomic mass is 10.1. The van der Waals surface area contributed by atoms with Crippen molar-refractivity contribution in [1.82, 2.24) is 4.98 Å². The molecule has 0 N–H and O–H groups in total. The SMILES string of the molecule is CC(C)(CC#N)Oc1cccc2cccnc12. The molecule has 0 saturated heterocycles. The van der Waals surface area contributed by atoms with Crippen LogP contribution in [0.25, 0.3) is 10.9 Å². The van der Waals surface area contributed by atoms with Gasteiger partial charge in [0.1, 0.15) is 16.9 Å². The zero-order valence-electron chi connectivity index (χ0n) is 9.97. The van der Waals surface area contributed by atoms with Gasteiger partial charge in [-0.15, -0.1) is 0 Å². The van der Waals surface area contributed by atoms with Crippen LogP contribution in [0.1, 0.15) is 20.3 Å². The molecule has 0 saturated carbocycles. The third-order valence-corrected chi connectivity index (χ3v) is 2.49. The number of fused-ring (bicyclic) bond motifs is 1. The minimum Gasteiger partial charge on any atom is -0.485 e. The molecule has 2 aromatic rings. The van der Waals surface area contributed by atoms with E-state index in [1.165, 1.54) is 0 Å². The number of nitriles is 1. The molecule has 0 spiro atoms. The first-order valence-electron chi connectivity index (χ1n) is 5.52. The van der Waals surface area contributed by atoms with Crippen molar-refractivity contribution in [3.05, 3.63) is 36.5 Å². The maximum atomic E-state index is 8.75. The number of nitrogens with zero attached hydrogens (tertiary/aromatic N) is 2. The van der Waals surface area contributed by atoms with Gasteiger partial charge >= 0.3 is 0 Å². The molecule has 1 aromatic carbocycles. The molecule has 1 aromatic heterocycles. The van der Waals surface area contributed by atoms with Crippen LogP contribution in [0, 0.1) is 11.3 Å². The minimum atomic E-state index is -0.499. The van der Waals surface area contributed by atoms with Crippen molar-refractivity contribution in [3.63, 3.8) is 0 Å². The first-order chi connectivity index (χ1) is 8.12. The lowest BCUT2D eigenvalue weighted by Gasteiger charge is -2.24. The third-order valence-electron chi connectivity index (χ3n) is 2.49. The number of benzene rings is 1. The summed E-state index contributed by atoms with van der Waals surface area (Å²) in [6, 6.07) is 11.8. The van der Waals surface area contributed by atoms with Crippen molar-refractivity contribution in [2.45, 2.75) is 25.9 Å². The second-order valence-corrected chi connectivity index (χ2v) is 4.53. The number of para-hydroxylation sites is 1. The normalized spacial score (nSPS) is 11.1. The van der Waals surface area contributed by atoms with Gasteiger partial charge < -0.3 is 4.74 Å². The highest BCUT2D eigenvalue weighted by molar-refractivity contribution is 5.84. The van der Waals surface area contributed by atoms with Gasteiger partial charge in [0.25, 0.3) is 0 Å². The molecule has 86 valence electrons. The Balaban J connectivity index is 2.40. The fourth-order valence-corrected chi connectivity index (χ4v) is 1.68. The van der Waals surface area contributed by atoms with E-state index in [9.17, 15) is 0 Å². The smallest absolute Gasteiger partial charge is 0.146 e. The van der Waals surface area contributed by atoms with Crippen molar-refractivity contribution in [1.29, 1.82) is 5.26 Å². The molecular formula is C14H14N2O. The molecule has 3 heteroatoms. The van der Waals surface area contributed by atoms with Crippen LogP contribution in [-0.2, 0) is 0 Å². The minimum absolute atomic E-state index is 0.343. The predicted molar refractivity (Wildman–Crippen MR) is 66.7 cm³/mol. The summed E-state index contributed by atoms with van der Waals surface area (Å²) < 4.78 is 5.87. The molecule has 0 radical (unpaired) electrons. The van der Waals surface area contributed by atoms with Gasteiger partial charge in [-0.25, -0.2) is 0 Å². The van der Waals surface area contributed by atoms with Gasteiger partial charge in [0.05, 0.1) is 12.5 Å². The molecule has 3 nitrogen and oxygen atoms in total. The summed E-state index contributed by atoms with van der Waals surface area (Å²) in [4.78, 5) is 4.32. The number of hydrogen-bond acceptors (Lipinski definition) is 3. The van der Waals surface area contributed by atoms with Crippen LogP contribution < -0.4 is 4.74 Å². The van der Waals surface area contributed by atoms with Crippen molar-refractivity contribution >= 4 is 10.9 Å². The molecule has 1 heterocycles. The number of ether oxygens (including phenoxy) is 1. The van der Waals surface area contributed by atoms with Crippen molar-refractivity contribution in [3.8, 4) is 11.8 Å². The quantitative estimate of drug-likeness (QED) is 0.806. The van der Waals surface area contributed by atoms with E-state index in [1.54, 1.807) is 6.20 Å². The van der Waals surface area contributed by atoms with E-state index in [-0.39, 0.29) is 0 Å². The van der Waals surface area contributed by atoms with Crippen LogP contribution in [0.3, 0.4) is 0 Å². The Morgan fingerprint density at radius 3 is 2.82 bits per heavy atom. The second-order valence-electron chi connectivity index (χ2n) is 4.53. The molecule has 2 rings (SSSR count). The average molecular weight is 226 g/mol. The van der Waals surface area contributed by atoms with Crippen LogP contribution >= 0.6 is 0 Å². The molecule has 0 aliphatic rings. The van der Waals surface area contributed by atoms with Gasteiger partial charge in [-0.3, -0.25) is 4.98 Å². The summed E-state index contributed by atoms with van der Waals surface area (Å²) in [5.41, 5.74) is 0.335. The molecule has 17 heavy (non-hydrogen) atoms. The number of hydrogen-bond donors (Lipinski definition) is 0. The summed E-state index contributed by atoms with van der Waals surface area (Å²) in [6.45, 7) is 3.80. The Morgan fingerprint density at radius 2 is 2.06 bits per heavy atom. The van der Waals surface area contributed by atoms with E-state index < -0.39 is 5.60 Å². The Morgan fingerprint density at radius 1 is 1.29 bits per heavy atom. The van der Waals surface area contributed by atoms with Gasteiger partial charge in [-0.2, -0.15) is 5.26 Å². The largest absolute Gasteiger partial charge is 0.485 e. The Bertz CT molecular complexity index is 564. The summed E-state index contributed by atoms with van der Waals surface area (Å²) in [6.07, 6.45) is 2.09. The first kappa shape index (κ1) is 11.4. The highest BCUT2D eigenvalue weighted by Crippen LogP contribution is 2.27. The van der Waals surface area contributed by atoms with Gasteiger partial charge in [0, 0.05) is 11.6 Å². The standard InChI is InChI=1S/C14H14N2O/c1-14(2,8-9-15)17-12-7-3-5-11-6-4-10-16-13(11)12/h3-7,10H,8H2,1-2H3. The van der Waals surface area contributed by atoms with E-state index in [4.69, 9.17) is 10.00 Å². The van der Waals surface area contributed by atoms with Crippen LogP contribution in [0.4, 0.5) is 0 Å². The first-order valence-corrected chi connectivity index (χ1v) is 5.52. The highest BCUT2D eigenvalue weighted by atomic mass is 16.5. The molecule has 0 atom stereocenters. The summed E-state index contributed by atoms with van der Waals surface area (Å²) >= 11 is 0. The summed E-state index contributed by atoms with van der Waals surface area (Å²) in [5.74, 6) is 0.725. The summed E-state index contributed by atoms with van der Waals surface area (Å²) in [5, 5.41) is 9.79. The average Bonchev–Trinajstić information content (AvgIpc) is 2.29. The Kier molecular flexibility index (Phi) is 2.97. The number of pyridine rings is 1. The van der Waals surface area contributed by atoms with E-state index in [0.717, 1.165) is 16.7 Å². The molecule has 0 aliphatic heterocycles. The van der Waals surface area contributed by atoms with Gasteiger partial charge in [0.15, 0.2) is 0 Å². The molecular weight excluding hydrogens is 212 g/mol. The Hall–Kier alpha value is -2.08. The molecule has 0 bridgehead atoms. The van der Waals surface area contributed by atoms with E-state index in [0.29, 0.717) is 6.42 Å². The second kappa shape index (κ2) is 4.42. The third kappa shape index (κ3) is 2.54. The van der Waals surface area contributed by atoms with Crippen LogP contribution in [0.5, 0.6) is 5.75 Å². The fourth-order valence-electron chi connectivity index (χ4n) is 1.68. The topological polar surface area (TPSA) is 45.9 Å². The maximum absolute atomic E-state index is 8.75. The lowest BCUT2D eigenvalue weighted by Crippen LogP contribution is -2.27. The predicted octanol–water partition coefficient (Wildman–Crippen LogP) is 3.31. The van der Waals surface area contributed by atoms with E-state index >= 15 is 0 Å². The van der Waals surface area contributed by atoms with Crippen molar-refractivity contribution in [2.75, 3.05) is 0 Å². The van der Waals surface area contributed by atoms with Crippen molar-refractivity contribution in [2.24, 2.45) is 0 Å². The van der Waals surface area contributed by atoms with Gasteiger partial charge in [-0.05, 0) is 26.0 Å². The monoisotopic (exact) mass is 226 g/mol. The van der Waals surface area contributed by atoms with Crippen LogP contribution in [0.15, 0.2) is 36.5 Å². The zero-order valence-corrected chi connectivity index (χ0v) is 9.97. The number of rotatable bonds is 3. The summed E-state index contributed by atoms with van der Waals surface area (Å²) in [7, 11) is 0. The molecule has 0 fully saturated rings. The van der Waals surface area contributed by atoms with Crippen LogP contribution in [0.2, 0.25) is 0 Å². The maximum Gasteiger partial charge on any atom is 0.146 e. The molecule has 0 amide bonds. The molecule has 0 aliphatic carbocycles. The van der Waals surface area contributed by atoms with Crippen LogP contribution in [-0.4, -0.2) is 10.6 Å². The zero-order chi connectivity index (χ0) is 12.3.